The van der Waals surface area contributed by atoms with Crippen molar-refractivity contribution < 1.29 is 9.53 Å². The van der Waals surface area contributed by atoms with E-state index in [1.54, 1.807) is 14.0 Å². The Kier molecular flexibility index (Phi) is 3.26. The van der Waals surface area contributed by atoms with Crippen LogP contribution in [0.2, 0.25) is 0 Å². The highest BCUT2D eigenvalue weighted by Gasteiger charge is 2.38. The molecule has 1 heterocycles. The molecule has 5 heteroatoms. The standard InChI is InChI=1S/C13H19N3O2/c1-6-4-8(18-3)5-9-11(6)16-13(15)10(7(2)14)12(9)17/h8-9H,4-5,14H2,1-3H3,(H2,15,16). The smallest absolute Gasteiger partial charge is 0.177 e. The second-order valence-electron chi connectivity index (χ2n) is 4.94. The molecule has 1 aliphatic heterocycles. The van der Waals surface area contributed by atoms with Crippen LogP contribution < -0.4 is 11.5 Å². The molecule has 18 heavy (non-hydrogen) atoms. The van der Waals surface area contributed by atoms with Crippen LogP contribution in [0.5, 0.6) is 0 Å². The van der Waals surface area contributed by atoms with Crippen LogP contribution in [0.15, 0.2) is 27.5 Å². The molecule has 0 fully saturated rings. The van der Waals surface area contributed by atoms with Crippen LogP contribution in [0.1, 0.15) is 26.7 Å². The molecule has 0 aromatic carbocycles. The number of carbonyl (C=O) groups is 1. The van der Waals surface area contributed by atoms with Gasteiger partial charge in [-0.3, -0.25) is 4.79 Å². The number of nitrogens with two attached hydrogens (primary N) is 2. The fraction of sp³-hybridized carbons (Fsp3) is 0.538. The van der Waals surface area contributed by atoms with Crippen molar-refractivity contribution in [1.82, 2.24) is 0 Å². The lowest BCUT2D eigenvalue weighted by Crippen LogP contribution is -2.38. The lowest BCUT2D eigenvalue weighted by molar-refractivity contribution is -0.119. The average molecular weight is 249 g/mol. The Labute approximate surface area is 107 Å². The minimum absolute atomic E-state index is 0.0291. The summed E-state index contributed by atoms with van der Waals surface area (Å²) in [4.78, 5) is 16.8. The quantitative estimate of drug-likeness (QED) is 0.674. The summed E-state index contributed by atoms with van der Waals surface area (Å²) in [6.45, 7) is 3.65. The van der Waals surface area contributed by atoms with Crippen molar-refractivity contribution in [2.75, 3.05) is 7.11 Å². The van der Waals surface area contributed by atoms with Gasteiger partial charge in [0.25, 0.3) is 0 Å². The van der Waals surface area contributed by atoms with E-state index >= 15 is 0 Å². The van der Waals surface area contributed by atoms with Crippen LogP contribution in [0.25, 0.3) is 0 Å². The molecular formula is C13H19N3O2. The zero-order valence-electron chi connectivity index (χ0n) is 11.0. The second kappa shape index (κ2) is 4.57. The maximum Gasteiger partial charge on any atom is 0.177 e. The number of ketones is 1. The van der Waals surface area contributed by atoms with Crippen LogP contribution in [0.4, 0.5) is 0 Å². The van der Waals surface area contributed by atoms with E-state index < -0.39 is 0 Å². The number of allylic oxidation sites excluding steroid dienone is 2. The van der Waals surface area contributed by atoms with Crippen molar-refractivity contribution in [3.63, 3.8) is 0 Å². The van der Waals surface area contributed by atoms with E-state index in [1.807, 2.05) is 6.92 Å². The van der Waals surface area contributed by atoms with Gasteiger partial charge >= 0.3 is 0 Å². The molecule has 2 aliphatic rings. The predicted molar refractivity (Wildman–Crippen MR) is 69.7 cm³/mol. The van der Waals surface area contributed by atoms with E-state index in [2.05, 4.69) is 4.99 Å². The van der Waals surface area contributed by atoms with Crippen molar-refractivity contribution in [3.05, 3.63) is 22.5 Å². The molecule has 1 aliphatic carbocycles. The molecule has 98 valence electrons. The minimum atomic E-state index is -0.260. The fourth-order valence-electron chi connectivity index (χ4n) is 2.67. The molecule has 0 radical (unpaired) electrons. The van der Waals surface area contributed by atoms with Crippen molar-refractivity contribution >= 4 is 11.6 Å². The number of Topliss-reactive ketones (excluding diaryl/α,β-unsaturated/α-hetero) is 1. The van der Waals surface area contributed by atoms with E-state index in [-0.39, 0.29) is 23.6 Å². The Morgan fingerprint density at radius 3 is 2.72 bits per heavy atom. The molecule has 0 aromatic rings. The molecule has 0 saturated carbocycles. The number of methoxy groups -OCH3 is 1. The van der Waals surface area contributed by atoms with E-state index in [4.69, 9.17) is 16.2 Å². The normalized spacial score (nSPS) is 31.1. The Hall–Kier alpha value is -1.62. The average Bonchev–Trinajstić information content (AvgIpc) is 2.29. The summed E-state index contributed by atoms with van der Waals surface area (Å²) in [5.41, 5.74) is 14.2. The number of hydrogen-bond acceptors (Lipinski definition) is 5. The molecule has 2 rings (SSSR count). The van der Waals surface area contributed by atoms with Gasteiger partial charge < -0.3 is 16.2 Å². The van der Waals surface area contributed by atoms with Gasteiger partial charge in [-0.25, -0.2) is 4.99 Å². The van der Waals surface area contributed by atoms with Gasteiger partial charge in [-0.05, 0) is 32.3 Å². The zero-order valence-corrected chi connectivity index (χ0v) is 11.0. The monoisotopic (exact) mass is 249 g/mol. The van der Waals surface area contributed by atoms with Crippen LogP contribution in [-0.2, 0) is 9.53 Å². The lowest BCUT2D eigenvalue weighted by atomic mass is 9.79. The number of rotatable bonds is 1. The molecule has 0 saturated heterocycles. The summed E-state index contributed by atoms with van der Waals surface area (Å²) < 4.78 is 5.37. The molecule has 0 spiro atoms. The number of carbonyl (C=O) groups excluding carboxylic acids is 1. The van der Waals surface area contributed by atoms with Crippen molar-refractivity contribution in [2.24, 2.45) is 22.4 Å². The zero-order chi connectivity index (χ0) is 13.4. The summed E-state index contributed by atoms with van der Waals surface area (Å²) in [7, 11) is 1.67. The van der Waals surface area contributed by atoms with Gasteiger partial charge in [-0.15, -0.1) is 0 Å². The molecule has 4 N–H and O–H groups in total. The SMILES string of the molecule is COC1CC(C)=C2N=C(N)C(=C(C)N)C(=O)C2C1. The van der Waals surface area contributed by atoms with E-state index in [9.17, 15) is 4.79 Å². The second-order valence-corrected chi connectivity index (χ2v) is 4.94. The van der Waals surface area contributed by atoms with Gasteiger partial charge in [0.2, 0.25) is 0 Å². The number of ether oxygens (including phenoxy) is 1. The first-order chi connectivity index (χ1) is 8.45. The van der Waals surface area contributed by atoms with E-state index in [0.29, 0.717) is 17.7 Å². The number of amidine groups is 1. The lowest BCUT2D eigenvalue weighted by Gasteiger charge is -2.32. The van der Waals surface area contributed by atoms with Crippen LogP contribution in [-0.4, -0.2) is 24.8 Å². The first kappa shape index (κ1) is 12.8. The van der Waals surface area contributed by atoms with Crippen LogP contribution in [0, 0.1) is 5.92 Å². The number of aliphatic imine (C=N–C) groups is 1. The van der Waals surface area contributed by atoms with Gasteiger partial charge in [0.1, 0.15) is 5.84 Å². The topological polar surface area (TPSA) is 90.7 Å². The van der Waals surface area contributed by atoms with E-state index in [0.717, 1.165) is 17.7 Å². The molecule has 0 bridgehead atoms. The van der Waals surface area contributed by atoms with Gasteiger partial charge in [0, 0.05) is 12.8 Å². The van der Waals surface area contributed by atoms with Gasteiger partial charge in [0.15, 0.2) is 5.78 Å². The summed E-state index contributed by atoms with van der Waals surface area (Å²) in [6, 6.07) is 0. The maximum absolute atomic E-state index is 12.4. The molecule has 2 unspecified atom stereocenters. The largest absolute Gasteiger partial charge is 0.402 e. The number of hydrogen-bond donors (Lipinski definition) is 2. The summed E-state index contributed by atoms with van der Waals surface area (Å²) >= 11 is 0. The summed E-state index contributed by atoms with van der Waals surface area (Å²) in [5.74, 6) is -0.0513. The molecule has 0 amide bonds. The van der Waals surface area contributed by atoms with Crippen molar-refractivity contribution in [1.29, 1.82) is 0 Å². The van der Waals surface area contributed by atoms with Crippen molar-refractivity contribution in [3.8, 4) is 0 Å². The van der Waals surface area contributed by atoms with Gasteiger partial charge in [-0.2, -0.15) is 0 Å². The van der Waals surface area contributed by atoms with Gasteiger partial charge in [-0.1, -0.05) is 0 Å². The van der Waals surface area contributed by atoms with Crippen LogP contribution in [0.3, 0.4) is 0 Å². The number of fused-ring (bicyclic) bond motifs is 1. The Morgan fingerprint density at radius 2 is 2.17 bits per heavy atom. The first-order valence-corrected chi connectivity index (χ1v) is 6.03. The summed E-state index contributed by atoms with van der Waals surface area (Å²) in [6.07, 6.45) is 1.51. The van der Waals surface area contributed by atoms with Crippen molar-refractivity contribution in [2.45, 2.75) is 32.8 Å². The molecule has 2 atom stereocenters. The minimum Gasteiger partial charge on any atom is -0.402 e. The Morgan fingerprint density at radius 1 is 1.50 bits per heavy atom. The third-order valence-corrected chi connectivity index (χ3v) is 3.59. The summed E-state index contributed by atoms with van der Waals surface area (Å²) in [5, 5.41) is 0. The number of nitrogens with zero attached hydrogens (tertiary/aromatic N) is 1. The van der Waals surface area contributed by atoms with Gasteiger partial charge in [0.05, 0.1) is 23.3 Å². The Bertz CT molecular complexity index is 484. The molecule has 0 aromatic heterocycles. The third-order valence-electron chi connectivity index (χ3n) is 3.59. The third kappa shape index (κ3) is 1.95. The molecular weight excluding hydrogens is 230 g/mol. The highest BCUT2D eigenvalue weighted by Crippen LogP contribution is 2.37. The molecule has 5 nitrogen and oxygen atoms in total. The first-order valence-electron chi connectivity index (χ1n) is 6.03. The highest BCUT2D eigenvalue weighted by atomic mass is 16.5. The Balaban J connectivity index is 2.52. The highest BCUT2D eigenvalue weighted by molar-refractivity contribution is 6.24. The van der Waals surface area contributed by atoms with E-state index in [1.165, 1.54) is 0 Å². The van der Waals surface area contributed by atoms with Crippen LogP contribution >= 0.6 is 0 Å². The predicted octanol–water partition coefficient (Wildman–Crippen LogP) is 0.858. The fourth-order valence-corrected chi connectivity index (χ4v) is 2.67. The maximum atomic E-state index is 12.4.